The minimum Gasteiger partial charge on any atom is -0.295 e. The Bertz CT molecular complexity index is 979. The van der Waals surface area contributed by atoms with Crippen LogP contribution in [0.15, 0.2) is 36.4 Å². The smallest absolute Gasteiger partial charge is 0.159 e. The van der Waals surface area contributed by atoms with Gasteiger partial charge in [-0.3, -0.25) is 4.79 Å². The second kappa shape index (κ2) is 4.42. The molecule has 4 rings (SSSR count). The number of hydrogen-bond acceptors (Lipinski definition) is 1. The summed E-state index contributed by atoms with van der Waals surface area (Å²) in [7, 11) is 0. The van der Waals surface area contributed by atoms with Gasteiger partial charge >= 0.3 is 0 Å². The first-order valence-electron chi connectivity index (χ1n) is 7.62. The number of carbonyl (C=O) groups excluding carboxylic acids is 1. The maximum atomic E-state index is 12.1. The fourth-order valence-electron chi connectivity index (χ4n) is 3.84. The Morgan fingerprint density at radius 2 is 1.76 bits per heavy atom. The third kappa shape index (κ3) is 1.73. The zero-order chi connectivity index (χ0) is 14.6. The normalized spacial score (nSPS) is 19.4. The molecule has 0 saturated heterocycles. The van der Waals surface area contributed by atoms with Crippen molar-refractivity contribution in [2.24, 2.45) is 0 Å². The first-order chi connectivity index (χ1) is 10.2. The summed E-state index contributed by atoms with van der Waals surface area (Å²) in [6.07, 6.45) is 3.94. The van der Waals surface area contributed by atoms with Crippen molar-refractivity contribution in [1.29, 1.82) is 0 Å². The summed E-state index contributed by atoms with van der Waals surface area (Å²) in [6, 6.07) is 12.9. The van der Waals surface area contributed by atoms with Crippen molar-refractivity contribution in [1.82, 2.24) is 0 Å². The van der Waals surface area contributed by atoms with Crippen LogP contribution in [0.2, 0.25) is 0 Å². The standard InChI is InChI=1S/C20H18O/c1-12-11-19(21)13(2)15-9-10-17-16-6-4-3-5-14(16)7-8-18(17)20(12)15/h3-7,9-10,12H,8,11H2,1-2H3. The molecule has 0 aromatic heterocycles. The zero-order valence-electron chi connectivity index (χ0n) is 12.4. The lowest BCUT2D eigenvalue weighted by molar-refractivity contribution is -0.114. The molecule has 1 unspecified atom stereocenters. The molecule has 2 aliphatic rings. The molecule has 2 aromatic carbocycles. The van der Waals surface area contributed by atoms with E-state index in [0.29, 0.717) is 18.1 Å². The molecular formula is C20H18O. The molecule has 0 N–H and O–H groups in total. The van der Waals surface area contributed by atoms with E-state index in [2.05, 4.69) is 49.4 Å². The Labute approximate surface area is 123 Å². The van der Waals surface area contributed by atoms with Crippen LogP contribution in [0.5, 0.6) is 0 Å². The molecule has 0 heterocycles. The van der Waals surface area contributed by atoms with Gasteiger partial charge in [0.15, 0.2) is 5.78 Å². The minimum absolute atomic E-state index is 0.301. The maximum absolute atomic E-state index is 12.1. The molecule has 0 saturated carbocycles. The first-order valence-corrected chi connectivity index (χ1v) is 7.62. The Kier molecular flexibility index (Phi) is 2.65. The number of ketones is 1. The third-order valence-corrected chi connectivity index (χ3v) is 4.94. The summed E-state index contributed by atoms with van der Waals surface area (Å²) in [4.78, 5) is 12.1. The van der Waals surface area contributed by atoms with Crippen LogP contribution >= 0.6 is 0 Å². The predicted molar refractivity (Wildman–Crippen MR) is 85.1 cm³/mol. The van der Waals surface area contributed by atoms with Crippen molar-refractivity contribution in [2.75, 3.05) is 0 Å². The molecule has 0 amide bonds. The summed E-state index contributed by atoms with van der Waals surface area (Å²) >= 11 is 0. The van der Waals surface area contributed by atoms with Crippen LogP contribution in [0, 0.1) is 10.4 Å². The van der Waals surface area contributed by atoms with Gasteiger partial charge in [0.2, 0.25) is 0 Å². The molecule has 0 radical (unpaired) electrons. The van der Waals surface area contributed by atoms with E-state index in [9.17, 15) is 4.79 Å². The highest BCUT2D eigenvalue weighted by Crippen LogP contribution is 2.27. The highest BCUT2D eigenvalue weighted by molar-refractivity contribution is 6.15. The lowest BCUT2D eigenvalue weighted by Crippen LogP contribution is -2.28. The van der Waals surface area contributed by atoms with Crippen LogP contribution in [0.3, 0.4) is 0 Å². The third-order valence-electron chi connectivity index (χ3n) is 4.94. The molecule has 0 aliphatic heterocycles. The largest absolute Gasteiger partial charge is 0.295 e. The van der Waals surface area contributed by atoms with E-state index in [-0.39, 0.29) is 0 Å². The monoisotopic (exact) mass is 274 g/mol. The van der Waals surface area contributed by atoms with Crippen LogP contribution in [-0.4, -0.2) is 5.78 Å². The van der Waals surface area contributed by atoms with Crippen LogP contribution in [0.1, 0.15) is 37.3 Å². The topological polar surface area (TPSA) is 17.1 Å². The molecule has 1 atom stereocenters. The quantitative estimate of drug-likeness (QED) is 0.721. The van der Waals surface area contributed by atoms with Crippen molar-refractivity contribution in [3.63, 3.8) is 0 Å². The van der Waals surface area contributed by atoms with Gasteiger partial charge in [0.25, 0.3) is 0 Å². The van der Waals surface area contributed by atoms with E-state index in [1.54, 1.807) is 0 Å². The summed E-state index contributed by atoms with van der Waals surface area (Å²) in [5.41, 5.74) is 3.76. The summed E-state index contributed by atoms with van der Waals surface area (Å²) in [5.74, 6) is 0.625. The molecule has 1 heteroatoms. The average Bonchev–Trinajstić information content (AvgIpc) is 2.51. The van der Waals surface area contributed by atoms with Crippen molar-refractivity contribution in [2.45, 2.75) is 32.6 Å². The van der Waals surface area contributed by atoms with Gasteiger partial charge in [-0.2, -0.15) is 0 Å². The van der Waals surface area contributed by atoms with Crippen molar-refractivity contribution in [3.05, 3.63) is 68.4 Å². The fourth-order valence-corrected chi connectivity index (χ4v) is 3.84. The molecule has 104 valence electrons. The average molecular weight is 274 g/mol. The van der Waals surface area contributed by atoms with Gasteiger partial charge in [0, 0.05) is 6.42 Å². The van der Waals surface area contributed by atoms with Crippen molar-refractivity contribution in [3.8, 4) is 0 Å². The van der Waals surface area contributed by atoms with Gasteiger partial charge in [0.05, 0.1) is 0 Å². The van der Waals surface area contributed by atoms with E-state index in [1.807, 2.05) is 6.92 Å². The zero-order valence-corrected chi connectivity index (χ0v) is 12.4. The van der Waals surface area contributed by atoms with Gasteiger partial charge in [-0.05, 0) is 56.8 Å². The van der Waals surface area contributed by atoms with Crippen LogP contribution in [-0.2, 0) is 11.2 Å². The second-order valence-corrected chi connectivity index (χ2v) is 6.20. The lowest BCUT2D eigenvalue weighted by atomic mass is 9.80. The van der Waals surface area contributed by atoms with Gasteiger partial charge in [-0.25, -0.2) is 0 Å². The molecule has 0 spiro atoms. The molecule has 1 nitrogen and oxygen atoms in total. The van der Waals surface area contributed by atoms with Crippen LogP contribution < -0.4 is 10.4 Å². The van der Waals surface area contributed by atoms with Gasteiger partial charge < -0.3 is 0 Å². The Hall–Kier alpha value is -2.15. The maximum Gasteiger partial charge on any atom is 0.159 e. The summed E-state index contributed by atoms with van der Waals surface area (Å²) in [6.45, 7) is 4.16. The highest BCUT2D eigenvalue weighted by atomic mass is 16.1. The number of fused-ring (bicyclic) bond motifs is 4. The molecule has 2 aromatic rings. The van der Waals surface area contributed by atoms with Crippen LogP contribution in [0.25, 0.3) is 11.6 Å². The Morgan fingerprint density at radius 3 is 2.62 bits per heavy atom. The number of Topliss-reactive ketones (excluding diaryl/α,β-unsaturated/α-hetero) is 1. The van der Waals surface area contributed by atoms with E-state index < -0.39 is 0 Å². The second-order valence-electron chi connectivity index (χ2n) is 6.20. The SMILES string of the molecule is CC1=c2ccc3c(c2C(C)CC1=O)CC=c1ccccc1=3. The van der Waals surface area contributed by atoms with E-state index >= 15 is 0 Å². The summed E-state index contributed by atoms with van der Waals surface area (Å²) in [5, 5.41) is 5.17. The number of benzene rings is 2. The van der Waals surface area contributed by atoms with E-state index in [1.165, 1.54) is 32.0 Å². The van der Waals surface area contributed by atoms with Crippen molar-refractivity contribution >= 4 is 17.4 Å². The van der Waals surface area contributed by atoms with E-state index in [0.717, 1.165) is 12.0 Å². The Balaban J connectivity index is 2.25. The lowest BCUT2D eigenvalue weighted by Gasteiger charge is -2.23. The number of rotatable bonds is 0. The summed E-state index contributed by atoms with van der Waals surface area (Å²) < 4.78 is 0. The fraction of sp³-hybridized carbons (Fsp3) is 0.250. The molecule has 0 fully saturated rings. The first kappa shape index (κ1) is 12.6. The number of hydrogen-bond donors (Lipinski definition) is 0. The van der Waals surface area contributed by atoms with Gasteiger partial charge in [-0.15, -0.1) is 0 Å². The van der Waals surface area contributed by atoms with E-state index in [4.69, 9.17) is 0 Å². The van der Waals surface area contributed by atoms with Crippen molar-refractivity contribution < 1.29 is 4.79 Å². The molecule has 21 heavy (non-hydrogen) atoms. The van der Waals surface area contributed by atoms with Crippen LogP contribution in [0.4, 0.5) is 0 Å². The number of carbonyl (C=O) groups is 1. The molecule has 2 aliphatic carbocycles. The van der Waals surface area contributed by atoms with Gasteiger partial charge in [0.1, 0.15) is 0 Å². The Morgan fingerprint density at radius 1 is 1.00 bits per heavy atom. The van der Waals surface area contributed by atoms with Gasteiger partial charge in [-0.1, -0.05) is 49.4 Å². The molecule has 0 bridgehead atoms. The minimum atomic E-state index is 0.301. The molecular weight excluding hydrogens is 256 g/mol. The predicted octanol–water partition coefficient (Wildman–Crippen LogP) is 2.56. The highest BCUT2D eigenvalue weighted by Gasteiger charge is 2.24.